The summed E-state index contributed by atoms with van der Waals surface area (Å²) in [7, 11) is 0. The minimum Gasteiger partial charge on any atom is -0.399 e. The minimum absolute atomic E-state index is 0.797. The lowest BCUT2D eigenvalue weighted by Crippen LogP contribution is -1.99. The van der Waals surface area contributed by atoms with Crippen LogP contribution in [0.4, 0.5) is 11.4 Å². The maximum atomic E-state index is 5.69. The molecule has 3 aromatic carbocycles. The molecule has 0 heterocycles. The Bertz CT molecular complexity index is 686. The third kappa shape index (κ3) is 3.42. The van der Waals surface area contributed by atoms with Gasteiger partial charge in [0.15, 0.2) is 0 Å². The molecule has 0 aliphatic rings. The number of nitrogen functional groups attached to an aromatic ring is 1. The van der Waals surface area contributed by atoms with Crippen molar-refractivity contribution < 1.29 is 0 Å². The SMILES string of the molecule is Nc1ccc(CNc2ccc(-c3ccccc3)cc2)cc1. The summed E-state index contributed by atoms with van der Waals surface area (Å²) in [6.07, 6.45) is 0. The highest BCUT2D eigenvalue weighted by atomic mass is 14.9. The highest BCUT2D eigenvalue weighted by Crippen LogP contribution is 2.21. The summed E-state index contributed by atoms with van der Waals surface area (Å²) < 4.78 is 0. The van der Waals surface area contributed by atoms with Crippen molar-refractivity contribution in [1.82, 2.24) is 0 Å². The molecule has 21 heavy (non-hydrogen) atoms. The van der Waals surface area contributed by atoms with Crippen LogP contribution in [0, 0.1) is 0 Å². The van der Waals surface area contributed by atoms with Gasteiger partial charge in [-0.1, -0.05) is 54.6 Å². The third-order valence-electron chi connectivity index (χ3n) is 3.47. The van der Waals surface area contributed by atoms with Crippen LogP contribution in [0.3, 0.4) is 0 Å². The van der Waals surface area contributed by atoms with Crippen molar-refractivity contribution in [3.05, 3.63) is 84.4 Å². The molecule has 0 amide bonds. The minimum atomic E-state index is 0.797. The average molecular weight is 274 g/mol. The first kappa shape index (κ1) is 13.3. The highest BCUT2D eigenvalue weighted by Gasteiger charge is 1.98. The second-order valence-corrected chi connectivity index (χ2v) is 5.04. The average Bonchev–Trinajstić information content (AvgIpc) is 2.56. The van der Waals surface area contributed by atoms with Crippen molar-refractivity contribution >= 4 is 11.4 Å². The zero-order valence-electron chi connectivity index (χ0n) is 11.8. The Morgan fingerprint density at radius 2 is 1.29 bits per heavy atom. The first-order chi connectivity index (χ1) is 10.3. The van der Waals surface area contributed by atoms with Crippen molar-refractivity contribution in [3.63, 3.8) is 0 Å². The molecular weight excluding hydrogens is 256 g/mol. The predicted octanol–water partition coefficient (Wildman–Crippen LogP) is 4.55. The first-order valence-corrected chi connectivity index (χ1v) is 7.05. The summed E-state index contributed by atoms with van der Waals surface area (Å²) in [5.74, 6) is 0. The second kappa shape index (κ2) is 6.14. The standard InChI is InChI=1S/C19H18N2/c20-18-10-6-15(7-11-18)14-21-19-12-8-17(9-13-19)16-4-2-1-3-5-16/h1-13,21H,14,20H2. The van der Waals surface area contributed by atoms with Crippen LogP contribution in [0.25, 0.3) is 11.1 Å². The molecule has 0 fully saturated rings. The molecule has 3 aromatic rings. The van der Waals surface area contributed by atoms with Gasteiger partial charge in [-0.3, -0.25) is 0 Å². The quantitative estimate of drug-likeness (QED) is 0.685. The number of hydrogen-bond donors (Lipinski definition) is 2. The van der Waals surface area contributed by atoms with Gasteiger partial charge in [0.1, 0.15) is 0 Å². The van der Waals surface area contributed by atoms with Gasteiger partial charge in [0.2, 0.25) is 0 Å². The molecule has 0 aliphatic carbocycles. The Labute approximate surface area is 125 Å². The second-order valence-electron chi connectivity index (χ2n) is 5.04. The largest absolute Gasteiger partial charge is 0.399 e. The zero-order chi connectivity index (χ0) is 14.5. The summed E-state index contributed by atoms with van der Waals surface area (Å²) in [5, 5.41) is 3.42. The lowest BCUT2D eigenvalue weighted by molar-refractivity contribution is 1.15. The number of nitrogens with two attached hydrogens (primary N) is 1. The van der Waals surface area contributed by atoms with Gasteiger partial charge in [-0.2, -0.15) is 0 Å². The van der Waals surface area contributed by atoms with Crippen LogP contribution in [0.15, 0.2) is 78.9 Å². The molecule has 0 unspecified atom stereocenters. The van der Waals surface area contributed by atoms with Crippen molar-refractivity contribution in [2.45, 2.75) is 6.54 Å². The van der Waals surface area contributed by atoms with Crippen molar-refractivity contribution in [2.24, 2.45) is 0 Å². The van der Waals surface area contributed by atoms with Crippen LogP contribution >= 0.6 is 0 Å². The number of anilines is 2. The maximum Gasteiger partial charge on any atom is 0.0400 e. The third-order valence-corrected chi connectivity index (χ3v) is 3.47. The Morgan fingerprint density at radius 3 is 1.95 bits per heavy atom. The van der Waals surface area contributed by atoms with E-state index >= 15 is 0 Å². The molecule has 0 radical (unpaired) electrons. The fraction of sp³-hybridized carbons (Fsp3) is 0.0526. The number of hydrogen-bond acceptors (Lipinski definition) is 2. The molecule has 0 bridgehead atoms. The molecule has 2 nitrogen and oxygen atoms in total. The molecule has 104 valence electrons. The summed E-state index contributed by atoms with van der Waals surface area (Å²) in [5.41, 5.74) is 11.3. The molecule has 0 atom stereocenters. The van der Waals surface area contributed by atoms with Gasteiger partial charge >= 0.3 is 0 Å². The molecule has 0 spiro atoms. The molecule has 0 saturated heterocycles. The van der Waals surface area contributed by atoms with Crippen LogP contribution in [-0.2, 0) is 6.54 Å². The Hall–Kier alpha value is -2.74. The van der Waals surface area contributed by atoms with Crippen molar-refractivity contribution in [1.29, 1.82) is 0 Å². The topological polar surface area (TPSA) is 38.0 Å². The molecular formula is C19H18N2. The summed E-state index contributed by atoms with van der Waals surface area (Å²) in [4.78, 5) is 0. The van der Waals surface area contributed by atoms with E-state index in [1.807, 2.05) is 30.3 Å². The van der Waals surface area contributed by atoms with Crippen LogP contribution < -0.4 is 11.1 Å². The van der Waals surface area contributed by atoms with Crippen LogP contribution in [0.5, 0.6) is 0 Å². The van der Waals surface area contributed by atoms with E-state index in [0.29, 0.717) is 0 Å². The Morgan fingerprint density at radius 1 is 0.667 bits per heavy atom. The van der Waals surface area contributed by atoms with E-state index in [-0.39, 0.29) is 0 Å². The molecule has 0 aliphatic heterocycles. The van der Waals surface area contributed by atoms with Crippen molar-refractivity contribution in [2.75, 3.05) is 11.1 Å². The van der Waals surface area contributed by atoms with Gasteiger partial charge < -0.3 is 11.1 Å². The Kier molecular flexibility index (Phi) is 3.88. The fourth-order valence-corrected chi connectivity index (χ4v) is 2.25. The van der Waals surface area contributed by atoms with Crippen LogP contribution in [0.1, 0.15) is 5.56 Å². The van der Waals surface area contributed by atoms with Gasteiger partial charge in [-0.05, 0) is 41.0 Å². The number of benzene rings is 3. The lowest BCUT2D eigenvalue weighted by atomic mass is 10.1. The van der Waals surface area contributed by atoms with E-state index < -0.39 is 0 Å². The zero-order valence-corrected chi connectivity index (χ0v) is 11.8. The van der Waals surface area contributed by atoms with Gasteiger partial charge in [-0.15, -0.1) is 0 Å². The van der Waals surface area contributed by atoms with E-state index in [4.69, 9.17) is 5.73 Å². The summed E-state index contributed by atoms with van der Waals surface area (Å²) in [6.45, 7) is 0.797. The smallest absolute Gasteiger partial charge is 0.0400 e. The van der Waals surface area contributed by atoms with Gasteiger partial charge in [0, 0.05) is 17.9 Å². The van der Waals surface area contributed by atoms with Crippen LogP contribution in [-0.4, -0.2) is 0 Å². The van der Waals surface area contributed by atoms with Gasteiger partial charge in [0.25, 0.3) is 0 Å². The molecule has 3 rings (SSSR count). The van der Waals surface area contributed by atoms with Gasteiger partial charge in [-0.25, -0.2) is 0 Å². The van der Waals surface area contributed by atoms with E-state index in [9.17, 15) is 0 Å². The summed E-state index contributed by atoms with van der Waals surface area (Å²) >= 11 is 0. The molecule has 2 heteroatoms. The van der Waals surface area contributed by atoms with E-state index in [2.05, 4.69) is 53.8 Å². The fourth-order valence-electron chi connectivity index (χ4n) is 2.25. The number of rotatable bonds is 4. The molecule has 3 N–H and O–H groups in total. The van der Waals surface area contributed by atoms with Gasteiger partial charge in [0.05, 0.1) is 0 Å². The summed E-state index contributed by atoms with van der Waals surface area (Å²) in [6, 6.07) is 26.8. The predicted molar refractivity (Wildman–Crippen MR) is 90.1 cm³/mol. The first-order valence-electron chi connectivity index (χ1n) is 7.05. The number of nitrogens with one attached hydrogen (secondary N) is 1. The van der Waals surface area contributed by atoms with Crippen molar-refractivity contribution in [3.8, 4) is 11.1 Å². The van der Waals surface area contributed by atoms with E-state index in [1.165, 1.54) is 16.7 Å². The highest BCUT2D eigenvalue weighted by molar-refractivity contribution is 5.65. The molecule has 0 aromatic heterocycles. The molecule has 0 saturated carbocycles. The maximum absolute atomic E-state index is 5.69. The monoisotopic (exact) mass is 274 g/mol. The normalized spacial score (nSPS) is 10.3. The Balaban J connectivity index is 1.66. The van der Waals surface area contributed by atoms with Crippen LogP contribution in [0.2, 0.25) is 0 Å². The van der Waals surface area contributed by atoms with E-state index in [1.54, 1.807) is 0 Å². The lowest BCUT2D eigenvalue weighted by Gasteiger charge is -2.08. The van der Waals surface area contributed by atoms with E-state index in [0.717, 1.165) is 17.9 Å².